The van der Waals surface area contributed by atoms with Crippen LogP contribution in [0.5, 0.6) is 0 Å². The number of nitrogen functional groups attached to an aromatic ring is 1. The van der Waals surface area contributed by atoms with E-state index in [9.17, 15) is 0 Å². The van der Waals surface area contributed by atoms with Gasteiger partial charge in [0.25, 0.3) is 0 Å². The van der Waals surface area contributed by atoms with E-state index in [-0.39, 0.29) is 0 Å². The fourth-order valence-electron chi connectivity index (χ4n) is 1.22. The van der Waals surface area contributed by atoms with E-state index in [1.54, 1.807) is 12.4 Å². The lowest BCUT2D eigenvalue weighted by Crippen LogP contribution is -1.90. The Hall–Kier alpha value is -1.22. The third-order valence-electron chi connectivity index (χ3n) is 1.85. The van der Waals surface area contributed by atoms with Crippen LogP contribution >= 0.6 is 11.6 Å². The number of nitrogens with two attached hydrogens (primary N) is 1. The third kappa shape index (κ3) is 0.865. The fraction of sp³-hybridized carbons (Fsp3) is 0.125. The van der Waals surface area contributed by atoms with Gasteiger partial charge in [0.1, 0.15) is 0 Å². The van der Waals surface area contributed by atoms with Crippen LogP contribution in [-0.4, -0.2) is 9.55 Å². The smallest absolute Gasteiger partial charge is 0.0956 e. The molecule has 0 aliphatic heterocycles. The first-order valence-electron chi connectivity index (χ1n) is 3.55. The zero-order valence-corrected chi connectivity index (χ0v) is 7.34. The zero-order chi connectivity index (χ0) is 8.72. The molecule has 0 radical (unpaired) electrons. The van der Waals surface area contributed by atoms with Crippen LogP contribution in [0.3, 0.4) is 0 Å². The van der Waals surface area contributed by atoms with Gasteiger partial charge in [-0.3, -0.25) is 0 Å². The average molecular weight is 182 g/mol. The van der Waals surface area contributed by atoms with Crippen molar-refractivity contribution in [1.29, 1.82) is 0 Å². The molecule has 0 bridgehead atoms. The number of fused-ring (bicyclic) bond motifs is 1. The number of rotatable bonds is 0. The Bertz CT molecular complexity index is 433. The molecular weight excluding hydrogens is 174 g/mol. The minimum atomic E-state index is 0.576. The molecule has 0 spiro atoms. The van der Waals surface area contributed by atoms with E-state index in [2.05, 4.69) is 4.98 Å². The first kappa shape index (κ1) is 7.43. The molecule has 0 aliphatic carbocycles. The van der Waals surface area contributed by atoms with Crippen molar-refractivity contribution in [2.45, 2.75) is 0 Å². The highest BCUT2D eigenvalue weighted by molar-refractivity contribution is 6.37. The van der Waals surface area contributed by atoms with E-state index in [0.717, 1.165) is 11.0 Å². The summed E-state index contributed by atoms with van der Waals surface area (Å²) in [6.45, 7) is 0. The van der Waals surface area contributed by atoms with Crippen LogP contribution in [0, 0.1) is 0 Å². The topological polar surface area (TPSA) is 43.8 Å². The minimum Gasteiger partial charge on any atom is -0.397 e. The Morgan fingerprint density at radius 1 is 1.50 bits per heavy atom. The summed E-state index contributed by atoms with van der Waals surface area (Å²) in [6, 6.07) is 3.62. The first-order valence-corrected chi connectivity index (χ1v) is 3.93. The molecule has 1 aromatic heterocycles. The molecule has 1 heterocycles. The molecule has 4 heteroatoms. The summed E-state index contributed by atoms with van der Waals surface area (Å²) >= 11 is 5.99. The summed E-state index contributed by atoms with van der Waals surface area (Å²) in [4.78, 5) is 4.14. The number of imidazole rings is 1. The predicted molar refractivity (Wildman–Crippen MR) is 50.1 cm³/mol. The van der Waals surface area contributed by atoms with Crippen molar-refractivity contribution in [3.63, 3.8) is 0 Å². The van der Waals surface area contributed by atoms with Gasteiger partial charge in [0, 0.05) is 7.05 Å². The van der Waals surface area contributed by atoms with E-state index in [4.69, 9.17) is 17.3 Å². The molecule has 0 atom stereocenters. The number of aryl methyl sites for hydroxylation is 1. The van der Waals surface area contributed by atoms with Gasteiger partial charge in [-0.25, -0.2) is 4.98 Å². The summed E-state index contributed by atoms with van der Waals surface area (Å²) in [5, 5.41) is 0.576. The molecule has 62 valence electrons. The predicted octanol–water partition coefficient (Wildman–Crippen LogP) is 1.81. The molecule has 12 heavy (non-hydrogen) atoms. The molecule has 0 saturated heterocycles. The average Bonchev–Trinajstić information content (AvgIpc) is 2.41. The summed E-state index contributed by atoms with van der Waals surface area (Å²) < 4.78 is 1.86. The lowest BCUT2D eigenvalue weighted by atomic mass is 10.3. The quantitative estimate of drug-likeness (QED) is 0.630. The van der Waals surface area contributed by atoms with Gasteiger partial charge in [0.05, 0.1) is 28.1 Å². The van der Waals surface area contributed by atoms with Gasteiger partial charge in [-0.2, -0.15) is 0 Å². The second kappa shape index (κ2) is 2.38. The Balaban J connectivity index is 2.96. The van der Waals surface area contributed by atoms with Gasteiger partial charge in [0.15, 0.2) is 0 Å². The second-order valence-corrected chi connectivity index (χ2v) is 3.07. The van der Waals surface area contributed by atoms with Crippen molar-refractivity contribution in [3.05, 3.63) is 23.5 Å². The van der Waals surface area contributed by atoms with Crippen LogP contribution in [0.15, 0.2) is 18.5 Å². The fourth-order valence-corrected chi connectivity index (χ4v) is 1.51. The van der Waals surface area contributed by atoms with Crippen molar-refractivity contribution >= 4 is 28.3 Å². The summed E-state index contributed by atoms with van der Waals surface area (Å²) in [5.74, 6) is 0. The van der Waals surface area contributed by atoms with E-state index in [1.165, 1.54) is 0 Å². The van der Waals surface area contributed by atoms with Gasteiger partial charge >= 0.3 is 0 Å². The first-order chi connectivity index (χ1) is 5.70. The van der Waals surface area contributed by atoms with Gasteiger partial charge in [-0.1, -0.05) is 11.6 Å². The van der Waals surface area contributed by atoms with Crippen molar-refractivity contribution in [3.8, 4) is 0 Å². The molecule has 2 N–H and O–H groups in total. The molecule has 0 unspecified atom stereocenters. The second-order valence-electron chi connectivity index (χ2n) is 2.69. The number of nitrogens with zero attached hydrogens (tertiary/aromatic N) is 2. The SMILES string of the molecule is Cn1cnc2ccc(N)c(Cl)c21. The number of benzene rings is 1. The van der Waals surface area contributed by atoms with Gasteiger partial charge < -0.3 is 10.3 Å². The number of halogens is 1. The van der Waals surface area contributed by atoms with Crippen molar-refractivity contribution < 1.29 is 0 Å². The number of hydrogen-bond acceptors (Lipinski definition) is 2. The summed E-state index contributed by atoms with van der Waals surface area (Å²) in [7, 11) is 1.89. The third-order valence-corrected chi connectivity index (χ3v) is 2.24. The van der Waals surface area contributed by atoms with Gasteiger partial charge in [-0.15, -0.1) is 0 Å². The number of aromatic nitrogens is 2. The number of anilines is 1. The van der Waals surface area contributed by atoms with Crippen molar-refractivity contribution in [1.82, 2.24) is 9.55 Å². The normalized spacial score (nSPS) is 10.8. The molecule has 3 nitrogen and oxygen atoms in total. The van der Waals surface area contributed by atoms with Crippen molar-refractivity contribution in [2.24, 2.45) is 7.05 Å². The van der Waals surface area contributed by atoms with Crippen LogP contribution in [0.2, 0.25) is 5.02 Å². The molecule has 0 fully saturated rings. The van der Waals surface area contributed by atoms with Crippen LogP contribution in [0.4, 0.5) is 5.69 Å². The largest absolute Gasteiger partial charge is 0.397 e. The van der Waals surface area contributed by atoms with Gasteiger partial charge in [-0.05, 0) is 12.1 Å². The maximum Gasteiger partial charge on any atom is 0.0956 e. The lowest BCUT2D eigenvalue weighted by Gasteiger charge is -2.00. The monoisotopic (exact) mass is 181 g/mol. The highest BCUT2D eigenvalue weighted by Crippen LogP contribution is 2.27. The summed E-state index contributed by atoms with van der Waals surface area (Å²) in [6.07, 6.45) is 1.72. The standard InChI is InChI=1S/C8H8ClN3/c1-12-4-11-6-3-2-5(10)7(9)8(6)12/h2-4H,10H2,1H3. The lowest BCUT2D eigenvalue weighted by molar-refractivity contribution is 0.948. The molecule has 1 aromatic carbocycles. The Morgan fingerprint density at radius 3 is 3.00 bits per heavy atom. The Morgan fingerprint density at radius 2 is 2.25 bits per heavy atom. The van der Waals surface area contributed by atoms with Crippen LogP contribution in [-0.2, 0) is 7.05 Å². The highest BCUT2D eigenvalue weighted by atomic mass is 35.5. The molecule has 0 saturated carbocycles. The minimum absolute atomic E-state index is 0.576. The Kier molecular flexibility index (Phi) is 1.48. The molecule has 0 amide bonds. The van der Waals surface area contributed by atoms with E-state index < -0.39 is 0 Å². The van der Waals surface area contributed by atoms with E-state index in [1.807, 2.05) is 17.7 Å². The number of hydrogen-bond donors (Lipinski definition) is 1. The maximum absolute atomic E-state index is 5.99. The maximum atomic E-state index is 5.99. The van der Waals surface area contributed by atoms with E-state index in [0.29, 0.717) is 10.7 Å². The zero-order valence-electron chi connectivity index (χ0n) is 6.58. The van der Waals surface area contributed by atoms with Crippen LogP contribution < -0.4 is 5.73 Å². The highest BCUT2D eigenvalue weighted by Gasteiger charge is 2.06. The Labute approximate surface area is 74.8 Å². The van der Waals surface area contributed by atoms with Gasteiger partial charge in [0.2, 0.25) is 0 Å². The van der Waals surface area contributed by atoms with Crippen molar-refractivity contribution in [2.75, 3.05) is 5.73 Å². The summed E-state index contributed by atoms with van der Waals surface area (Å²) in [5.41, 5.74) is 7.99. The molecule has 0 aliphatic rings. The van der Waals surface area contributed by atoms with Crippen LogP contribution in [0.1, 0.15) is 0 Å². The molecular formula is C8H8ClN3. The molecule has 2 aromatic rings. The van der Waals surface area contributed by atoms with Crippen LogP contribution in [0.25, 0.3) is 11.0 Å². The molecule has 2 rings (SSSR count). The van der Waals surface area contributed by atoms with E-state index >= 15 is 0 Å².